The van der Waals surface area contributed by atoms with E-state index in [2.05, 4.69) is 17.3 Å². The number of rotatable bonds is 17. The van der Waals surface area contributed by atoms with Gasteiger partial charge in [0.15, 0.2) is 0 Å². The van der Waals surface area contributed by atoms with Gasteiger partial charge in [-0.15, -0.1) is 0 Å². The summed E-state index contributed by atoms with van der Waals surface area (Å²) in [7, 11) is 2.09. The van der Waals surface area contributed by atoms with Crippen molar-refractivity contribution in [2.75, 3.05) is 79.5 Å². The molecule has 0 bridgehead atoms. The Morgan fingerprint density at radius 1 is 0.862 bits per heavy atom. The molecule has 8 heteroatoms. The molecule has 0 atom stereocenters. The first-order valence-electron chi connectivity index (χ1n) is 10.8. The number of nitrogens with one attached hydrogen (secondary N) is 1. The highest BCUT2D eigenvalue weighted by Crippen LogP contribution is 2.15. The molecule has 0 unspecified atom stereocenters. The van der Waals surface area contributed by atoms with E-state index in [0.717, 1.165) is 25.9 Å². The summed E-state index contributed by atoms with van der Waals surface area (Å²) in [6.45, 7) is 10.2. The van der Waals surface area contributed by atoms with Crippen LogP contribution >= 0.6 is 0 Å². The Labute approximate surface area is 175 Å². The van der Waals surface area contributed by atoms with Gasteiger partial charge in [0, 0.05) is 24.8 Å². The van der Waals surface area contributed by atoms with E-state index in [1.54, 1.807) is 0 Å². The average Bonchev–Trinajstić information content (AvgIpc) is 2.70. The van der Waals surface area contributed by atoms with Gasteiger partial charge >= 0.3 is 0 Å². The number of carbonyl (C=O) groups is 2. The van der Waals surface area contributed by atoms with Crippen LogP contribution in [-0.2, 0) is 28.5 Å². The molecule has 0 aromatic carbocycles. The Hall–Kier alpha value is -1.06. The second-order valence-electron chi connectivity index (χ2n) is 7.69. The Morgan fingerprint density at radius 2 is 1.34 bits per heavy atom. The lowest BCUT2D eigenvalue weighted by Crippen LogP contribution is -2.40. The molecule has 0 saturated carbocycles. The van der Waals surface area contributed by atoms with Crippen LogP contribution in [0.25, 0.3) is 0 Å². The first-order valence-corrected chi connectivity index (χ1v) is 10.8. The minimum Gasteiger partial charge on any atom is -0.379 e. The van der Waals surface area contributed by atoms with Crippen molar-refractivity contribution in [3.05, 3.63) is 0 Å². The van der Waals surface area contributed by atoms with Crippen LogP contribution < -0.4 is 5.32 Å². The third-order valence-corrected chi connectivity index (χ3v) is 4.89. The largest absolute Gasteiger partial charge is 0.379 e. The van der Waals surface area contributed by atoms with Crippen molar-refractivity contribution in [1.29, 1.82) is 0 Å². The van der Waals surface area contributed by atoms with E-state index < -0.39 is 0 Å². The Bertz CT molecular complexity index is 439. The molecule has 1 fully saturated rings. The number of nitrogens with zero attached hydrogens (tertiary/aromatic N) is 1. The number of hydrogen-bond donors (Lipinski definition) is 1. The van der Waals surface area contributed by atoms with E-state index in [9.17, 15) is 9.59 Å². The molecule has 170 valence electrons. The van der Waals surface area contributed by atoms with Gasteiger partial charge in [0.2, 0.25) is 5.91 Å². The van der Waals surface area contributed by atoms with E-state index in [1.807, 2.05) is 13.8 Å². The molecular weight excluding hydrogens is 376 g/mol. The molecule has 1 saturated heterocycles. The molecule has 1 amide bonds. The number of Topliss-reactive ketones (excluding diaryl/α,β-unsaturated/α-hetero) is 1. The Kier molecular flexibility index (Phi) is 15.0. The van der Waals surface area contributed by atoms with E-state index in [4.69, 9.17) is 18.9 Å². The maximum Gasteiger partial charge on any atom is 0.223 e. The zero-order valence-corrected chi connectivity index (χ0v) is 18.5. The average molecular weight is 417 g/mol. The predicted molar refractivity (Wildman–Crippen MR) is 111 cm³/mol. The molecule has 0 aliphatic carbocycles. The molecule has 1 aliphatic rings. The fraction of sp³-hybridized carbons (Fsp3) is 0.905. The molecule has 1 N–H and O–H groups in total. The van der Waals surface area contributed by atoms with Gasteiger partial charge in [-0.1, -0.05) is 13.8 Å². The van der Waals surface area contributed by atoms with Crippen LogP contribution in [0.4, 0.5) is 0 Å². The van der Waals surface area contributed by atoms with E-state index in [1.165, 1.54) is 0 Å². The van der Waals surface area contributed by atoms with Gasteiger partial charge in [-0.05, 0) is 33.0 Å². The zero-order chi connectivity index (χ0) is 21.3. The van der Waals surface area contributed by atoms with Crippen LogP contribution in [0, 0.1) is 11.8 Å². The SMILES string of the molecule is CC(C)C(=O)CCOCCOCCOCCOCCNC(=O)C1CCN(C)CC1. The van der Waals surface area contributed by atoms with Crippen molar-refractivity contribution in [2.45, 2.75) is 33.1 Å². The number of hydrogen-bond acceptors (Lipinski definition) is 7. The van der Waals surface area contributed by atoms with Gasteiger partial charge in [0.1, 0.15) is 5.78 Å². The summed E-state index contributed by atoms with van der Waals surface area (Å²) in [5.41, 5.74) is 0. The molecule has 1 heterocycles. The minimum absolute atomic E-state index is 0.0683. The van der Waals surface area contributed by atoms with Crippen LogP contribution in [0.1, 0.15) is 33.1 Å². The smallest absolute Gasteiger partial charge is 0.223 e. The normalized spacial score (nSPS) is 15.7. The van der Waals surface area contributed by atoms with Crippen LogP contribution in [0.3, 0.4) is 0 Å². The lowest BCUT2D eigenvalue weighted by molar-refractivity contribution is -0.126. The third kappa shape index (κ3) is 13.7. The van der Waals surface area contributed by atoms with Gasteiger partial charge in [0.05, 0.1) is 52.9 Å². The Balaban J connectivity index is 1.77. The van der Waals surface area contributed by atoms with Gasteiger partial charge < -0.3 is 29.2 Å². The summed E-state index contributed by atoms with van der Waals surface area (Å²) in [4.78, 5) is 25.7. The second-order valence-corrected chi connectivity index (χ2v) is 7.69. The predicted octanol–water partition coefficient (Wildman–Crippen LogP) is 1.13. The van der Waals surface area contributed by atoms with Crippen molar-refractivity contribution >= 4 is 11.7 Å². The van der Waals surface area contributed by atoms with Crippen molar-refractivity contribution in [2.24, 2.45) is 11.8 Å². The van der Waals surface area contributed by atoms with Gasteiger partial charge in [0.25, 0.3) is 0 Å². The molecule has 0 spiro atoms. The highest BCUT2D eigenvalue weighted by atomic mass is 16.6. The quantitative estimate of drug-likeness (QED) is 0.356. The molecule has 1 aliphatic heterocycles. The number of piperidine rings is 1. The number of carbonyl (C=O) groups excluding carboxylic acids is 2. The van der Waals surface area contributed by atoms with Crippen LogP contribution in [0.2, 0.25) is 0 Å². The monoisotopic (exact) mass is 416 g/mol. The van der Waals surface area contributed by atoms with Gasteiger partial charge in [-0.25, -0.2) is 0 Å². The molecule has 29 heavy (non-hydrogen) atoms. The van der Waals surface area contributed by atoms with Crippen LogP contribution in [0.15, 0.2) is 0 Å². The molecule has 8 nitrogen and oxygen atoms in total. The van der Waals surface area contributed by atoms with E-state index >= 15 is 0 Å². The standard InChI is InChI=1S/C21H40N2O6/c1-18(2)20(24)6-10-26-12-14-28-16-17-29-15-13-27-11-7-22-21(25)19-4-8-23(3)9-5-19/h18-19H,4-17H2,1-3H3,(H,22,25). The fourth-order valence-corrected chi connectivity index (χ4v) is 2.88. The highest BCUT2D eigenvalue weighted by molar-refractivity contribution is 5.80. The lowest BCUT2D eigenvalue weighted by Gasteiger charge is -2.28. The Morgan fingerprint density at radius 3 is 1.86 bits per heavy atom. The van der Waals surface area contributed by atoms with Crippen LogP contribution in [-0.4, -0.2) is 96.1 Å². The summed E-state index contributed by atoms with van der Waals surface area (Å²) in [5.74, 6) is 0.577. The molecular formula is C21H40N2O6. The number of ketones is 1. The third-order valence-electron chi connectivity index (χ3n) is 4.89. The summed E-state index contributed by atoms with van der Waals surface area (Å²) < 4.78 is 21.6. The lowest BCUT2D eigenvalue weighted by atomic mass is 9.96. The molecule has 0 aromatic rings. The maximum atomic E-state index is 12.0. The van der Waals surface area contributed by atoms with Crippen molar-refractivity contribution in [3.63, 3.8) is 0 Å². The maximum absolute atomic E-state index is 12.0. The fourth-order valence-electron chi connectivity index (χ4n) is 2.88. The minimum atomic E-state index is 0.0683. The summed E-state index contributed by atoms with van der Waals surface area (Å²) in [5, 5.41) is 2.94. The summed E-state index contributed by atoms with van der Waals surface area (Å²) in [6.07, 6.45) is 2.33. The number of amides is 1. The first-order chi connectivity index (χ1) is 14.0. The molecule has 0 aromatic heterocycles. The van der Waals surface area contributed by atoms with Crippen molar-refractivity contribution in [1.82, 2.24) is 10.2 Å². The topological polar surface area (TPSA) is 86.3 Å². The second kappa shape index (κ2) is 16.7. The first kappa shape index (κ1) is 26.0. The van der Waals surface area contributed by atoms with Crippen LogP contribution in [0.5, 0.6) is 0 Å². The summed E-state index contributed by atoms with van der Waals surface area (Å²) in [6, 6.07) is 0. The molecule has 0 radical (unpaired) electrons. The summed E-state index contributed by atoms with van der Waals surface area (Å²) >= 11 is 0. The zero-order valence-electron chi connectivity index (χ0n) is 18.5. The van der Waals surface area contributed by atoms with E-state index in [-0.39, 0.29) is 23.5 Å². The number of ether oxygens (including phenoxy) is 4. The molecule has 1 rings (SSSR count). The van der Waals surface area contributed by atoms with Gasteiger partial charge in [-0.3, -0.25) is 9.59 Å². The highest BCUT2D eigenvalue weighted by Gasteiger charge is 2.22. The van der Waals surface area contributed by atoms with Crippen molar-refractivity contribution in [3.8, 4) is 0 Å². The number of likely N-dealkylation sites (tertiary alicyclic amines) is 1. The van der Waals surface area contributed by atoms with E-state index in [0.29, 0.717) is 65.8 Å². The van der Waals surface area contributed by atoms with Crippen molar-refractivity contribution < 1.29 is 28.5 Å². The van der Waals surface area contributed by atoms with Gasteiger partial charge in [-0.2, -0.15) is 0 Å².